The highest BCUT2D eigenvalue weighted by molar-refractivity contribution is 7.80. The van der Waals surface area contributed by atoms with Crippen molar-refractivity contribution in [2.75, 3.05) is 5.32 Å². The van der Waals surface area contributed by atoms with Gasteiger partial charge in [-0.1, -0.05) is 17.7 Å². The minimum absolute atomic E-state index is 0.00197. The molecule has 26 heavy (non-hydrogen) atoms. The number of anilines is 1. The lowest BCUT2D eigenvalue weighted by Gasteiger charge is -2.38. The highest BCUT2D eigenvalue weighted by atomic mass is 35.5. The minimum atomic E-state index is -0.444. The highest BCUT2D eigenvalue weighted by Gasteiger charge is 2.34. The molecule has 0 fully saturated rings. The number of nitro benzene ring substituents is 1. The van der Waals surface area contributed by atoms with Gasteiger partial charge in [0.1, 0.15) is 11.4 Å². The van der Waals surface area contributed by atoms with Gasteiger partial charge in [-0.3, -0.25) is 10.1 Å². The molecule has 0 aliphatic carbocycles. The third kappa shape index (κ3) is 4.23. The molecule has 0 unspecified atom stereocenters. The number of halogens is 1. The van der Waals surface area contributed by atoms with Gasteiger partial charge in [-0.15, -0.1) is 0 Å². The molecule has 136 valence electrons. The van der Waals surface area contributed by atoms with Crippen LogP contribution in [0.25, 0.3) is 0 Å². The molecule has 2 N–H and O–H groups in total. The van der Waals surface area contributed by atoms with Crippen molar-refractivity contribution < 1.29 is 9.66 Å². The molecule has 1 atom stereocenters. The number of nitrogens with zero attached hydrogens (tertiary/aromatic N) is 1. The maximum Gasteiger partial charge on any atom is 0.271 e. The van der Waals surface area contributed by atoms with Crippen molar-refractivity contribution in [3.8, 4) is 5.75 Å². The summed E-state index contributed by atoms with van der Waals surface area (Å²) in [6, 6.07) is 11.6. The molecule has 2 aromatic rings. The lowest BCUT2D eigenvalue weighted by atomic mass is 9.90. The van der Waals surface area contributed by atoms with Gasteiger partial charge in [0.2, 0.25) is 0 Å². The number of benzene rings is 2. The summed E-state index contributed by atoms with van der Waals surface area (Å²) in [6.45, 7) is 4.02. The number of nitrogens with one attached hydrogen (secondary N) is 2. The molecule has 8 heteroatoms. The molecule has 0 amide bonds. The minimum Gasteiger partial charge on any atom is -0.487 e. The van der Waals surface area contributed by atoms with E-state index in [9.17, 15) is 10.1 Å². The van der Waals surface area contributed by atoms with E-state index in [2.05, 4.69) is 10.6 Å². The van der Waals surface area contributed by atoms with E-state index >= 15 is 0 Å². The topological polar surface area (TPSA) is 76.4 Å². The summed E-state index contributed by atoms with van der Waals surface area (Å²) in [7, 11) is 0. The zero-order chi connectivity index (χ0) is 18.9. The van der Waals surface area contributed by atoms with Crippen molar-refractivity contribution in [1.82, 2.24) is 5.32 Å². The van der Waals surface area contributed by atoms with Crippen LogP contribution in [0.1, 0.15) is 31.9 Å². The summed E-state index contributed by atoms with van der Waals surface area (Å²) in [6.07, 6.45) is 0.692. The molecule has 0 saturated heterocycles. The average Bonchev–Trinajstić information content (AvgIpc) is 2.55. The maximum atomic E-state index is 10.9. The van der Waals surface area contributed by atoms with Crippen molar-refractivity contribution in [1.29, 1.82) is 0 Å². The predicted molar refractivity (Wildman–Crippen MR) is 106 cm³/mol. The molecular weight excluding hydrogens is 374 g/mol. The SMILES string of the molecule is CC1(C)C[C@@H](NC(=S)Nc2cccc([N+](=O)[O-])c2)c2cc(Cl)ccc2O1. The van der Waals surface area contributed by atoms with Crippen LogP contribution in [0.5, 0.6) is 5.75 Å². The Kier molecular flexibility index (Phi) is 5.02. The van der Waals surface area contributed by atoms with Gasteiger partial charge in [0, 0.05) is 34.8 Å². The second kappa shape index (κ2) is 7.09. The first-order chi connectivity index (χ1) is 12.2. The molecule has 0 saturated carbocycles. The summed E-state index contributed by atoms with van der Waals surface area (Å²) in [5.41, 5.74) is 1.12. The van der Waals surface area contributed by atoms with Gasteiger partial charge in [0.05, 0.1) is 11.0 Å². The van der Waals surface area contributed by atoms with E-state index in [1.54, 1.807) is 18.2 Å². The van der Waals surface area contributed by atoms with Crippen molar-refractivity contribution in [3.05, 3.63) is 63.2 Å². The fourth-order valence-electron chi connectivity index (χ4n) is 2.98. The third-order valence-electron chi connectivity index (χ3n) is 4.05. The number of ether oxygens (including phenoxy) is 1. The zero-order valence-corrected chi connectivity index (χ0v) is 15.9. The van der Waals surface area contributed by atoms with Crippen molar-refractivity contribution in [2.24, 2.45) is 0 Å². The van der Waals surface area contributed by atoms with Gasteiger partial charge in [-0.25, -0.2) is 0 Å². The Morgan fingerprint density at radius 2 is 2.12 bits per heavy atom. The van der Waals surface area contributed by atoms with Crippen molar-refractivity contribution >= 4 is 40.3 Å². The Morgan fingerprint density at radius 3 is 2.85 bits per heavy atom. The molecule has 2 aromatic carbocycles. The molecule has 0 aromatic heterocycles. The highest BCUT2D eigenvalue weighted by Crippen LogP contribution is 2.40. The molecule has 3 rings (SSSR count). The molecule has 0 bridgehead atoms. The number of nitro groups is 1. The Balaban J connectivity index is 1.78. The van der Waals surface area contributed by atoms with Crippen LogP contribution >= 0.6 is 23.8 Å². The van der Waals surface area contributed by atoms with E-state index in [0.717, 1.165) is 11.3 Å². The number of non-ortho nitro benzene ring substituents is 1. The van der Waals surface area contributed by atoms with Crippen molar-refractivity contribution in [3.63, 3.8) is 0 Å². The Labute approximate surface area is 161 Å². The Morgan fingerprint density at radius 1 is 1.35 bits per heavy atom. The predicted octanol–water partition coefficient (Wildman–Crippen LogP) is 4.84. The first-order valence-corrected chi connectivity index (χ1v) is 8.82. The molecule has 1 aliphatic rings. The summed E-state index contributed by atoms with van der Waals surface area (Å²) >= 11 is 11.5. The van der Waals surface area contributed by atoms with E-state index in [1.165, 1.54) is 12.1 Å². The van der Waals surface area contributed by atoms with Crippen molar-refractivity contribution in [2.45, 2.75) is 31.9 Å². The number of hydrogen-bond donors (Lipinski definition) is 2. The molecule has 0 spiro atoms. The quantitative estimate of drug-likeness (QED) is 0.443. The van der Waals surface area contributed by atoms with Crippen LogP contribution < -0.4 is 15.4 Å². The molecule has 1 aliphatic heterocycles. The van der Waals surface area contributed by atoms with Crippen LogP contribution in [0, 0.1) is 10.1 Å². The number of rotatable bonds is 3. The largest absolute Gasteiger partial charge is 0.487 e. The second-order valence-corrected chi connectivity index (χ2v) is 7.55. The zero-order valence-electron chi connectivity index (χ0n) is 14.3. The van der Waals surface area contributed by atoms with Crippen LogP contribution in [-0.4, -0.2) is 15.6 Å². The standard InChI is InChI=1S/C18H18ClN3O3S/c1-18(2)10-15(14-8-11(19)6-7-16(14)25-18)21-17(26)20-12-4-3-5-13(9-12)22(23)24/h3-9,15H,10H2,1-2H3,(H2,20,21,26)/t15-/m1/s1. The van der Waals surface area contributed by atoms with Gasteiger partial charge >= 0.3 is 0 Å². The smallest absolute Gasteiger partial charge is 0.271 e. The Bertz CT molecular complexity index is 873. The third-order valence-corrected chi connectivity index (χ3v) is 4.50. The van der Waals surface area contributed by atoms with E-state index in [1.807, 2.05) is 26.0 Å². The van der Waals surface area contributed by atoms with Gasteiger partial charge in [-0.05, 0) is 50.3 Å². The van der Waals surface area contributed by atoms with E-state index in [-0.39, 0.29) is 17.3 Å². The number of hydrogen-bond acceptors (Lipinski definition) is 4. The lowest BCUT2D eigenvalue weighted by molar-refractivity contribution is -0.384. The van der Waals surface area contributed by atoms with Gasteiger partial charge in [0.15, 0.2) is 5.11 Å². The summed E-state index contributed by atoms with van der Waals surface area (Å²) in [5.74, 6) is 0.765. The van der Waals surface area contributed by atoms with Crippen LogP contribution in [0.3, 0.4) is 0 Å². The first-order valence-electron chi connectivity index (χ1n) is 8.04. The fourth-order valence-corrected chi connectivity index (χ4v) is 3.42. The van der Waals surface area contributed by atoms with E-state index in [4.69, 9.17) is 28.6 Å². The van der Waals surface area contributed by atoms with Gasteiger partial charge < -0.3 is 15.4 Å². The second-order valence-electron chi connectivity index (χ2n) is 6.71. The number of fused-ring (bicyclic) bond motifs is 1. The number of thiocarbonyl (C=S) groups is 1. The average molecular weight is 392 g/mol. The first kappa shape index (κ1) is 18.4. The monoisotopic (exact) mass is 391 g/mol. The van der Waals surface area contributed by atoms with E-state index in [0.29, 0.717) is 22.2 Å². The fraction of sp³-hybridized carbons (Fsp3) is 0.278. The summed E-state index contributed by atoms with van der Waals surface area (Å²) in [4.78, 5) is 10.5. The maximum absolute atomic E-state index is 10.9. The van der Waals surface area contributed by atoms with Crippen LogP contribution in [0.4, 0.5) is 11.4 Å². The molecule has 6 nitrogen and oxygen atoms in total. The molecule has 1 heterocycles. The summed E-state index contributed by atoms with van der Waals surface area (Å²) in [5, 5.41) is 18.2. The van der Waals surface area contributed by atoms with E-state index < -0.39 is 4.92 Å². The van der Waals surface area contributed by atoms with Crippen LogP contribution in [-0.2, 0) is 0 Å². The summed E-state index contributed by atoms with van der Waals surface area (Å²) < 4.78 is 6.01. The van der Waals surface area contributed by atoms with Crippen LogP contribution in [0.2, 0.25) is 5.02 Å². The lowest BCUT2D eigenvalue weighted by Crippen LogP contribution is -2.42. The van der Waals surface area contributed by atoms with Crippen LogP contribution in [0.15, 0.2) is 42.5 Å². The molecule has 0 radical (unpaired) electrons. The van der Waals surface area contributed by atoms with Gasteiger partial charge in [-0.2, -0.15) is 0 Å². The molecular formula is C18H18ClN3O3S. The normalized spacial score (nSPS) is 17.6. The Hall–Kier alpha value is -2.38. The van der Waals surface area contributed by atoms with Gasteiger partial charge in [0.25, 0.3) is 5.69 Å².